The van der Waals surface area contributed by atoms with Gasteiger partial charge in [0.1, 0.15) is 0 Å². The van der Waals surface area contributed by atoms with Crippen molar-refractivity contribution in [2.75, 3.05) is 13.1 Å². The SMILES string of the molecule is CC(=O)N[C@H]1[C@H]([C@H](O)[C@H](O)CNCCCc2ccc[te]2)OC(O)(C(=O)O)C[C@@H]1O.[H-].[Na+]. The summed E-state index contributed by atoms with van der Waals surface area (Å²) >= 11 is -0.164. The zero-order chi connectivity index (χ0) is 21.6. The van der Waals surface area contributed by atoms with Gasteiger partial charge in [0.25, 0.3) is 0 Å². The second-order valence-corrected chi connectivity index (χ2v) is 10.1. The first kappa shape index (κ1) is 28.0. The molecule has 30 heavy (non-hydrogen) atoms. The van der Waals surface area contributed by atoms with Gasteiger partial charge in [-0.15, -0.1) is 0 Å². The number of rotatable bonds is 10. The molecule has 0 saturated carbocycles. The number of aliphatic hydroxyl groups excluding tert-OH is 3. The van der Waals surface area contributed by atoms with Crippen molar-refractivity contribution in [2.45, 2.75) is 62.4 Å². The summed E-state index contributed by atoms with van der Waals surface area (Å²) in [6.45, 7) is 1.78. The standard InChI is InChI=1S/C18H28N2O8Te.Na.H/c1-10(21)20-14-12(22)8-18(27,17(25)26)28-16(14)15(24)13(23)9-19-6-2-4-11-5-3-7-29-11;;/h3,5,7,12-16,19,22-24,27H,2,4,6,8-9H2,1H3,(H,20,21)(H,25,26);;/q;+1;-1/t12-,13+,14+,15+,16+,18?;;/m0../s1. The minimum Gasteiger partial charge on any atom is -1.00 e. The summed E-state index contributed by atoms with van der Waals surface area (Å²) in [6, 6.07) is 2.99. The van der Waals surface area contributed by atoms with Crippen LogP contribution in [-0.4, -0.2) is 107 Å². The van der Waals surface area contributed by atoms with Crippen molar-refractivity contribution in [3.8, 4) is 0 Å². The summed E-state index contributed by atoms with van der Waals surface area (Å²) < 4.78 is 8.79. The van der Waals surface area contributed by atoms with E-state index in [0.29, 0.717) is 6.54 Å². The van der Waals surface area contributed by atoms with Crippen LogP contribution in [0.3, 0.4) is 0 Å². The molecule has 1 amide bonds. The fourth-order valence-corrected chi connectivity index (χ4v) is 5.39. The van der Waals surface area contributed by atoms with Crippen LogP contribution in [0.15, 0.2) is 16.2 Å². The minimum atomic E-state index is -2.74. The van der Waals surface area contributed by atoms with Crippen LogP contribution < -0.4 is 40.2 Å². The van der Waals surface area contributed by atoms with Crippen LogP contribution in [0, 0.1) is 0 Å². The number of nitrogens with one attached hydrogen (secondary N) is 2. The molecular formula is C18H29N2NaO8Te. The summed E-state index contributed by atoms with van der Waals surface area (Å²) in [5.41, 5.74) is 0. The first-order valence-corrected chi connectivity index (χ1v) is 11.8. The molecule has 1 aromatic rings. The minimum absolute atomic E-state index is 0. The molecule has 10 nitrogen and oxygen atoms in total. The average molecular weight is 552 g/mol. The van der Waals surface area contributed by atoms with Crippen LogP contribution in [0.4, 0.5) is 0 Å². The van der Waals surface area contributed by atoms with Crippen LogP contribution in [-0.2, 0) is 20.7 Å². The Morgan fingerprint density at radius 1 is 1.43 bits per heavy atom. The number of carbonyl (C=O) groups excluding carboxylic acids is 1. The van der Waals surface area contributed by atoms with E-state index in [1.54, 1.807) is 0 Å². The molecule has 1 aromatic heterocycles. The first-order chi connectivity index (χ1) is 13.6. The van der Waals surface area contributed by atoms with E-state index in [4.69, 9.17) is 4.74 Å². The number of amides is 1. The molecule has 0 aliphatic carbocycles. The van der Waals surface area contributed by atoms with Gasteiger partial charge >= 0.3 is 186 Å². The molecule has 0 aromatic carbocycles. The number of carbonyl (C=O) groups is 2. The van der Waals surface area contributed by atoms with Gasteiger partial charge in [-0.2, -0.15) is 0 Å². The van der Waals surface area contributed by atoms with Crippen molar-refractivity contribution in [3.05, 3.63) is 19.8 Å². The number of carboxylic acids is 1. The van der Waals surface area contributed by atoms with Crippen molar-refractivity contribution < 1.29 is 70.8 Å². The summed E-state index contributed by atoms with van der Waals surface area (Å²) in [5.74, 6) is -5.01. The summed E-state index contributed by atoms with van der Waals surface area (Å²) in [6.07, 6.45) is -4.91. The van der Waals surface area contributed by atoms with E-state index in [9.17, 15) is 35.1 Å². The molecule has 1 fully saturated rings. The summed E-state index contributed by atoms with van der Waals surface area (Å²) in [7, 11) is 0. The van der Waals surface area contributed by atoms with Crippen molar-refractivity contribution >= 4 is 32.3 Å². The molecule has 12 heteroatoms. The van der Waals surface area contributed by atoms with Gasteiger partial charge in [0.05, 0.1) is 0 Å². The zero-order valence-electron chi connectivity index (χ0n) is 18.0. The van der Waals surface area contributed by atoms with E-state index in [1.807, 2.05) is 0 Å². The number of hydrogen-bond acceptors (Lipinski definition) is 8. The predicted octanol–water partition coefficient (Wildman–Crippen LogP) is -5.47. The quantitative estimate of drug-likeness (QED) is 0.111. The van der Waals surface area contributed by atoms with Crippen molar-refractivity contribution in [1.29, 1.82) is 0 Å². The van der Waals surface area contributed by atoms with Gasteiger partial charge in [0.2, 0.25) is 0 Å². The molecule has 7 N–H and O–H groups in total. The number of ether oxygens (including phenoxy) is 1. The number of aliphatic hydroxyl groups is 4. The molecule has 6 atom stereocenters. The van der Waals surface area contributed by atoms with Gasteiger partial charge in [-0.25, -0.2) is 4.79 Å². The van der Waals surface area contributed by atoms with Crippen LogP contribution in [0.25, 0.3) is 0 Å². The monoisotopic (exact) mass is 554 g/mol. The Balaban J connectivity index is 0.00000450. The Morgan fingerprint density at radius 2 is 2.13 bits per heavy atom. The molecule has 0 spiro atoms. The van der Waals surface area contributed by atoms with E-state index >= 15 is 0 Å². The zero-order valence-corrected chi connectivity index (χ0v) is 21.4. The molecule has 0 bridgehead atoms. The molecule has 1 aliphatic heterocycles. The fraction of sp³-hybridized carbons (Fsp3) is 0.667. The number of hydrogen-bond donors (Lipinski definition) is 7. The second kappa shape index (κ2) is 12.9. The van der Waals surface area contributed by atoms with E-state index in [1.165, 1.54) is 10.5 Å². The number of carboxylic acid groups (broad SMARTS) is 1. The van der Waals surface area contributed by atoms with E-state index in [0.717, 1.165) is 12.8 Å². The number of aliphatic carboxylic acids is 1. The molecule has 2 heterocycles. The normalized spacial score (nSPS) is 28.2. The Hall–Kier alpha value is -0.0304. The third-order valence-electron chi connectivity index (χ3n) is 4.73. The van der Waals surface area contributed by atoms with Crippen molar-refractivity contribution in [1.82, 2.24) is 10.6 Å². The third-order valence-corrected chi connectivity index (χ3v) is 7.40. The van der Waals surface area contributed by atoms with Gasteiger partial charge < -0.3 is 6.53 Å². The van der Waals surface area contributed by atoms with Gasteiger partial charge in [-0.05, 0) is 0 Å². The average Bonchev–Trinajstić information content (AvgIpc) is 3.16. The predicted molar refractivity (Wildman–Crippen MR) is 103 cm³/mol. The topological polar surface area (TPSA) is 169 Å². The molecule has 1 saturated heterocycles. The maximum atomic E-state index is 11.4. The van der Waals surface area contributed by atoms with E-state index < -0.39 is 54.5 Å². The van der Waals surface area contributed by atoms with E-state index in [2.05, 4.69) is 26.8 Å². The van der Waals surface area contributed by atoms with Crippen LogP contribution in [0.5, 0.6) is 0 Å². The molecule has 1 unspecified atom stereocenters. The van der Waals surface area contributed by atoms with Gasteiger partial charge in [-0.1, -0.05) is 0 Å². The molecule has 0 radical (unpaired) electrons. The Labute approximate surface area is 208 Å². The fourth-order valence-electron chi connectivity index (χ4n) is 3.24. The van der Waals surface area contributed by atoms with Crippen LogP contribution >= 0.6 is 0 Å². The van der Waals surface area contributed by atoms with Gasteiger partial charge in [0.15, 0.2) is 0 Å². The Kier molecular flexibility index (Phi) is 12.0. The second-order valence-electron chi connectivity index (χ2n) is 7.11. The molecule has 166 valence electrons. The van der Waals surface area contributed by atoms with Crippen LogP contribution in [0.2, 0.25) is 0 Å². The smallest absolute Gasteiger partial charge is 1.00 e. The number of aryl methyl sites for hydroxylation is 1. The van der Waals surface area contributed by atoms with E-state index in [-0.39, 0.29) is 58.0 Å². The van der Waals surface area contributed by atoms with Crippen molar-refractivity contribution in [2.24, 2.45) is 0 Å². The van der Waals surface area contributed by atoms with Gasteiger partial charge in [0, 0.05) is 6.92 Å². The van der Waals surface area contributed by atoms with Gasteiger partial charge in [-0.3, -0.25) is 4.79 Å². The third kappa shape index (κ3) is 7.83. The first-order valence-electron chi connectivity index (χ1n) is 9.32. The molecular weight excluding hydrogens is 523 g/mol. The van der Waals surface area contributed by atoms with Crippen LogP contribution in [0.1, 0.15) is 24.8 Å². The molecule has 1 aliphatic rings. The van der Waals surface area contributed by atoms with Crippen molar-refractivity contribution in [3.63, 3.8) is 0 Å². The summed E-state index contributed by atoms with van der Waals surface area (Å²) in [5, 5.41) is 55.7. The Bertz CT molecular complexity index is 686. The Morgan fingerprint density at radius 3 is 2.70 bits per heavy atom. The summed E-state index contributed by atoms with van der Waals surface area (Å²) in [4.78, 5) is 22.7. The molecule has 2 rings (SSSR count). The maximum absolute atomic E-state index is 11.4.